The number of nitrogens with two attached hydrogens (primary N) is 4. The number of alkyl halides is 6. The zero-order valence-corrected chi connectivity index (χ0v) is 46.5. The fraction of sp³-hybridized carbons (Fsp3) is 0.0400. The molecule has 0 spiro atoms. The van der Waals surface area contributed by atoms with Gasteiger partial charge < -0.3 is 32.4 Å². The Morgan fingerprint density at radius 3 is 0.954 bits per heavy atom. The molecule has 1 aliphatic carbocycles. The zero-order valence-electron chi connectivity index (χ0n) is 46.5. The second-order valence-corrected chi connectivity index (χ2v) is 21.0. The Kier molecular flexibility index (Phi) is 15.1. The average Bonchev–Trinajstić information content (AvgIpc) is 1.57. The molecule has 428 valence electrons. The van der Waals surface area contributed by atoms with Gasteiger partial charge in [-0.25, -0.2) is 0 Å². The molecule has 0 amide bonds. The summed E-state index contributed by atoms with van der Waals surface area (Å²) < 4.78 is 98.4. The molecule has 0 heterocycles. The summed E-state index contributed by atoms with van der Waals surface area (Å²) in [4.78, 5) is 0. The number of nitrogen functional groups attached to an aromatic ring is 4. The second kappa shape index (κ2) is 23.2. The van der Waals surface area contributed by atoms with Gasteiger partial charge in [0.15, 0.2) is 0 Å². The van der Waals surface area contributed by atoms with Crippen LogP contribution in [0, 0.1) is 0 Å². The summed E-state index contributed by atoms with van der Waals surface area (Å²) in [6.07, 6.45) is -9.49. The van der Waals surface area contributed by atoms with Gasteiger partial charge in [0.1, 0.15) is 34.1 Å². The number of hydrogen-bond acceptors (Lipinski definition) is 6. The van der Waals surface area contributed by atoms with Gasteiger partial charge in [-0.2, -0.15) is 26.3 Å². The van der Waals surface area contributed by atoms with Crippen LogP contribution >= 0.6 is 0 Å². The van der Waals surface area contributed by atoms with Crippen LogP contribution in [0.25, 0.3) is 66.8 Å². The SMILES string of the molecule is Nc1ccc(Oc2ccc(C3(c4ccc(Oc5ccc(N)cc5C(F)(F)F)c(-c5ccccc5)c4)c4ccccc4-c4ccccc43)cc2-c2ccccc2)c(C(F)(F)F)c1.Nc1cccc(-c2ccccc2-c2ccccc2-c2cccc(N)c2)c1. The number of ether oxygens (including phenoxy) is 2. The normalized spacial score (nSPS) is 12.3. The fourth-order valence-corrected chi connectivity index (χ4v) is 11.7. The highest BCUT2D eigenvalue weighted by atomic mass is 19.4. The van der Waals surface area contributed by atoms with Crippen LogP contribution in [0.15, 0.2) is 279 Å². The monoisotopic (exact) mass is 1160 g/mol. The van der Waals surface area contributed by atoms with Crippen molar-refractivity contribution in [2.45, 2.75) is 17.8 Å². The standard InChI is InChI=1S/C51H34F6N2O2.C24H20N2/c52-50(53,54)43-29-35(58)21-25-47(43)60-45-23-19-33(27-39(45)31-11-3-1-4-12-31)49(41-17-9-7-15-37(41)38-16-8-10-18-42(38)49)34-20-24-46(40(28-34)32-13-5-2-6-14-32)61-48-26-22-36(59)30-44(48)51(55,56)57;25-19-9-5-7-17(15-19)21-11-1-3-13-23(21)24-14-4-2-12-22(24)18-8-6-10-20(26)16-18/h1-30H,58-59H2;1-16H,25-26H2. The lowest BCUT2D eigenvalue weighted by Crippen LogP contribution is -2.28. The number of halogens is 6. The van der Waals surface area contributed by atoms with Crippen molar-refractivity contribution < 1.29 is 35.8 Å². The zero-order chi connectivity index (χ0) is 60.5. The van der Waals surface area contributed by atoms with Crippen molar-refractivity contribution in [2.24, 2.45) is 0 Å². The summed E-state index contributed by atoms with van der Waals surface area (Å²) in [6.45, 7) is 0. The Bertz CT molecular complexity index is 4220. The van der Waals surface area contributed by atoms with Gasteiger partial charge in [-0.1, -0.05) is 194 Å². The molecule has 12 aromatic rings. The van der Waals surface area contributed by atoms with E-state index in [-0.39, 0.29) is 22.9 Å². The summed E-state index contributed by atoms with van der Waals surface area (Å²) >= 11 is 0. The van der Waals surface area contributed by atoms with E-state index in [1.807, 2.05) is 170 Å². The summed E-state index contributed by atoms with van der Waals surface area (Å²) in [6, 6.07) is 85.1. The van der Waals surface area contributed by atoms with E-state index in [1.54, 1.807) is 12.1 Å². The van der Waals surface area contributed by atoms with Crippen molar-refractivity contribution in [1.29, 1.82) is 0 Å². The van der Waals surface area contributed by atoms with Gasteiger partial charge in [0.25, 0.3) is 0 Å². The predicted molar refractivity (Wildman–Crippen MR) is 338 cm³/mol. The van der Waals surface area contributed by atoms with Crippen molar-refractivity contribution in [2.75, 3.05) is 22.9 Å². The molecular weight excluding hydrogens is 1100 g/mol. The van der Waals surface area contributed by atoms with Crippen LogP contribution in [0.3, 0.4) is 0 Å². The first-order chi connectivity index (χ1) is 42.0. The molecule has 0 aromatic heterocycles. The Morgan fingerprint density at radius 2 is 0.575 bits per heavy atom. The van der Waals surface area contributed by atoms with E-state index in [0.717, 1.165) is 79.1 Å². The van der Waals surface area contributed by atoms with Crippen LogP contribution in [-0.2, 0) is 17.8 Å². The number of anilines is 4. The smallest absolute Gasteiger partial charge is 0.420 e. The lowest BCUT2D eigenvalue weighted by molar-refractivity contribution is -0.139. The molecule has 12 heteroatoms. The molecule has 12 aromatic carbocycles. The molecule has 0 saturated heterocycles. The molecule has 0 fully saturated rings. The van der Waals surface area contributed by atoms with Crippen LogP contribution in [0.2, 0.25) is 0 Å². The molecule has 8 N–H and O–H groups in total. The van der Waals surface area contributed by atoms with Crippen LogP contribution in [-0.4, -0.2) is 0 Å². The molecule has 87 heavy (non-hydrogen) atoms. The summed E-state index contributed by atoms with van der Waals surface area (Å²) in [5, 5.41) is 0. The minimum absolute atomic E-state index is 0.0561. The van der Waals surface area contributed by atoms with Crippen molar-refractivity contribution in [3.8, 4) is 89.8 Å². The first kappa shape index (κ1) is 56.5. The van der Waals surface area contributed by atoms with Gasteiger partial charge in [0.2, 0.25) is 0 Å². The lowest BCUT2D eigenvalue weighted by atomic mass is 9.67. The third-order valence-corrected chi connectivity index (χ3v) is 15.5. The average molecular weight is 1160 g/mol. The Balaban J connectivity index is 0.000000236. The topological polar surface area (TPSA) is 123 Å². The Morgan fingerprint density at radius 1 is 0.253 bits per heavy atom. The van der Waals surface area contributed by atoms with E-state index in [9.17, 15) is 26.3 Å². The van der Waals surface area contributed by atoms with E-state index in [4.69, 9.17) is 32.4 Å². The lowest BCUT2D eigenvalue weighted by Gasteiger charge is -2.35. The minimum Gasteiger partial charge on any atom is -0.456 e. The minimum atomic E-state index is -4.74. The summed E-state index contributed by atoms with van der Waals surface area (Å²) in [5.74, 6) is -0.457. The highest BCUT2D eigenvalue weighted by molar-refractivity contribution is 5.93. The largest absolute Gasteiger partial charge is 0.456 e. The van der Waals surface area contributed by atoms with E-state index in [0.29, 0.717) is 22.3 Å². The van der Waals surface area contributed by atoms with Crippen LogP contribution in [0.1, 0.15) is 33.4 Å². The van der Waals surface area contributed by atoms with Gasteiger partial charge in [-0.05, 0) is 163 Å². The van der Waals surface area contributed by atoms with E-state index < -0.39 is 40.4 Å². The molecule has 13 rings (SSSR count). The second-order valence-electron chi connectivity index (χ2n) is 21.0. The van der Waals surface area contributed by atoms with Crippen LogP contribution in [0.4, 0.5) is 49.1 Å². The van der Waals surface area contributed by atoms with Crippen molar-refractivity contribution in [3.05, 3.63) is 312 Å². The van der Waals surface area contributed by atoms with E-state index >= 15 is 0 Å². The first-order valence-electron chi connectivity index (χ1n) is 27.8. The number of rotatable bonds is 11. The summed E-state index contributed by atoms with van der Waals surface area (Å²) in [7, 11) is 0. The van der Waals surface area contributed by atoms with Gasteiger partial charge in [0, 0.05) is 33.9 Å². The summed E-state index contributed by atoms with van der Waals surface area (Å²) in [5.41, 5.74) is 36.6. The molecular formula is C75H54F6N4O2. The highest BCUT2D eigenvalue weighted by Gasteiger charge is 2.47. The number of fused-ring (bicyclic) bond motifs is 3. The first-order valence-corrected chi connectivity index (χ1v) is 27.8. The molecule has 0 saturated carbocycles. The van der Waals surface area contributed by atoms with Gasteiger partial charge >= 0.3 is 12.4 Å². The van der Waals surface area contributed by atoms with Gasteiger partial charge in [-0.15, -0.1) is 0 Å². The molecule has 0 unspecified atom stereocenters. The molecule has 0 atom stereocenters. The Hall–Kier alpha value is -11.0. The number of hydrogen-bond donors (Lipinski definition) is 4. The fourth-order valence-electron chi connectivity index (χ4n) is 11.7. The van der Waals surface area contributed by atoms with Crippen LogP contribution in [0.5, 0.6) is 23.0 Å². The van der Waals surface area contributed by atoms with Gasteiger partial charge in [-0.3, -0.25) is 0 Å². The van der Waals surface area contributed by atoms with Gasteiger partial charge in [0.05, 0.1) is 5.41 Å². The maximum absolute atomic E-state index is 14.3. The molecule has 1 aliphatic rings. The van der Waals surface area contributed by atoms with E-state index in [1.165, 1.54) is 35.4 Å². The molecule has 0 bridgehead atoms. The van der Waals surface area contributed by atoms with Crippen LogP contribution < -0.4 is 32.4 Å². The van der Waals surface area contributed by atoms with Crippen molar-refractivity contribution >= 4 is 22.7 Å². The Labute approximate surface area is 499 Å². The molecule has 0 radical (unpaired) electrons. The van der Waals surface area contributed by atoms with E-state index in [2.05, 4.69) is 60.7 Å². The maximum Gasteiger partial charge on any atom is 0.420 e. The molecule has 6 nitrogen and oxygen atoms in total. The quantitative estimate of drug-likeness (QED) is 0.0756. The van der Waals surface area contributed by atoms with Crippen molar-refractivity contribution in [1.82, 2.24) is 0 Å². The third kappa shape index (κ3) is 11.2. The predicted octanol–water partition coefficient (Wildman–Crippen LogP) is 20.0. The van der Waals surface area contributed by atoms with Crippen molar-refractivity contribution in [3.63, 3.8) is 0 Å². The molecule has 0 aliphatic heterocycles. The third-order valence-electron chi connectivity index (χ3n) is 15.5. The number of benzene rings is 12. The highest BCUT2D eigenvalue weighted by Crippen LogP contribution is 2.58. The maximum atomic E-state index is 14.3.